The zero-order chi connectivity index (χ0) is 12.4. The monoisotopic (exact) mass is 244 g/mol. The highest BCUT2D eigenvalue weighted by Crippen LogP contribution is 2.18. The molecule has 1 N–H and O–H groups in total. The SMILES string of the molecule is CN1CCN(c2ccc(-c3cn[nH]n3)cn2)CC1. The van der Waals surface area contributed by atoms with Crippen molar-refractivity contribution in [1.82, 2.24) is 25.3 Å². The van der Waals surface area contributed by atoms with Crippen molar-refractivity contribution in [2.24, 2.45) is 0 Å². The molecule has 94 valence electrons. The summed E-state index contributed by atoms with van der Waals surface area (Å²) in [4.78, 5) is 9.15. The molecule has 0 unspecified atom stereocenters. The lowest BCUT2D eigenvalue weighted by atomic mass is 10.2. The van der Waals surface area contributed by atoms with Crippen LogP contribution >= 0.6 is 0 Å². The van der Waals surface area contributed by atoms with E-state index in [1.54, 1.807) is 6.20 Å². The van der Waals surface area contributed by atoms with E-state index < -0.39 is 0 Å². The highest BCUT2D eigenvalue weighted by atomic mass is 15.3. The number of hydrogen-bond donors (Lipinski definition) is 1. The lowest BCUT2D eigenvalue weighted by Crippen LogP contribution is -2.44. The van der Waals surface area contributed by atoms with Gasteiger partial charge in [0.1, 0.15) is 11.5 Å². The van der Waals surface area contributed by atoms with E-state index in [2.05, 4.69) is 43.3 Å². The minimum absolute atomic E-state index is 0.826. The standard InChI is InChI=1S/C12H16N6/c1-17-4-6-18(7-5-17)12-3-2-10(8-13-12)11-9-14-16-15-11/h2-3,8-9H,4-7H2,1H3,(H,14,15,16). The van der Waals surface area contributed by atoms with Gasteiger partial charge >= 0.3 is 0 Å². The van der Waals surface area contributed by atoms with Crippen LogP contribution < -0.4 is 4.90 Å². The van der Waals surface area contributed by atoms with Crippen LogP contribution in [0, 0.1) is 0 Å². The van der Waals surface area contributed by atoms with Crippen LogP contribution in [-0.2, 0) is 0 Å². The smallest absolute Gasteiger partial charge is 0.128 e. The van der Waals surface area contributed by atoms with Crippen LogP contribution in [-0.4, -0.2) is 58.5 Å². The molecule has 0 aromatic carbocycles. The molecule has 0 saturated carbocycles. The highest BCUT2D eigenvalue weighted by molar-refractivity contribution is 5.58. The molecule has 1 aliphatic rings. The fraction of sp³-hybridized carbons (Fsp3) is 0.417. The molecule has 0 spiro atoms. The maximum Gasteiger partial charge on any atom is 0.128 e. The van der Waals surface area contributed by atoms with Gasteiger partial charge in [0, 0.05) is 37.9 Å². The first kappa shape index (κ1) is 11.2. The maximum absolute atomic E-state index is 4.51. The predicted molar refractivity (Wildman–Crippen MR) is 69.3 cm³/mol. The fourth-order valence-electron chi connectivity index (χ4n) is 2.10. The van der Waals surface area contributed by atoms with Gasteiger partial charge in [0.05, 0.1) is 6.20 Å². The van der Waals surface area contributed by atoms with Gasteiger partial charge in [-0.3, -0.25) is 0 Å². The zero-order valence-corrected chi connectivity index (χ0v) is 10.4. The summed E-state index contributed by atoms with van der Waals surface area (Å²) in [6, 6.07) is 4.09. The Kier molecular flexibility index (Phi) is 2.93. The molecule has 1 aliphatic heterocycles. The average Bonchev–Trinajstić information content (AvgIpc) is 2.94. The van der Waals surface area contributed by atoms with Crippen molar-refractivity contribution in [3.63, 3.8) is 0 Å². The average molecular weight is 244 g/mol. The molecule has 0 radical (unpaired) electrons. The second kappa shape index (κ2) is 4.73. The molecule has 2 aromatic heterocycles. The molecule has 18 heavy (non-hydrogen) atoms. The second-order valence-electron chi connectivity index (χ2n) is 4.55. The first-order valence-electron chi connectivity index (χ1n) is 6.08. The van der Waals surface area contributed by atoms with E-state index in [0.717, 1.165) is 43.3 Å². The quantitative estimate of drug-likeness (QED) is 0.839. The first-order valence-corrected chi connectivity index (χ1v) is 6.08. The van der Waals surface area contributed by atoms with E-state index in [9.17, 15) is 0 Å². The Hall–Kier alpha value is -1.95. The Bertz CT molecular complexity index is 484. The van der Waals surface area contributed by atoms with Crippen molar-refractivity contribution in [1.29, 1.82) is 0 Å². The van der Waals surface area contributed by atoms with Crippen LogP contribution in [0.4, 0.5) is 5.82 Å². The molecule has 6 heteroatoms. The van der Waals surface area contributed by atoms with E-state index in [1.165, 1.54) is 0 Å². The largest absolute Gasteiger partial charge is 0.354 e. The number of rotatable bonds is 2. The number of nitrogens with one attached hydrogen (secondary N) is 1. The normalized spacial score (nSPS) is 17.1. The number of aromatic nitrogens is 4. The van der Waals surface area contributed by atoms with Gasteiger partial charge in [-0.1, -0.05) is 0 Å². The summed E-state index contributed by atoms with van der Waals surface area (Å²) >= 11 is 0. The topological polar surface area (TPSA) is 60.9 Å². The number of aromatic amines is 1. The van der Waals surface area contributed by atoms with Gasteiger partial charge in [-0.15, -0.1) is 0 Å². The first-order chi connectivity index (χ1) is 8.83. The van der Waals surface area contributed by atoms with Gasteiger partial charge in [-0.05, 0) is 19.2 Å². The number of likely N-dealkylation sites (N-methyl/N-ethyl adjacent to an activating group) is 1. The van der Waals surface area contributed by atoms with Crippen LogP contribution in [0.25, 0.3) is 11.3 Å². The second-order valence-corrected chi connectivity index (χ2v) is 4.55. The Morgan fingerprint density at radius 1 is 1.11 bits per heavy atom. The third-order valence-corrected chi connectivity index (χ3v) is 3.29. The number of H-pyrrole nitrogens is 1. The lowest BCUT2D eigenvalue weighted by Gasteiger charge is -2.33. The predicted octanol–water partition coefficient (Wildman–Crippen LogP) is 0.618. The van der Waals surface area contributed by atoms with Crippen LogP contribution in [0.1, 0.15) is 0 Å². The molecule has 3 heterocycles. The molecule has 2 aromatic rings. The van der Waals surface area contributed by atoms with E-state index in [1.807, 2.05) is 12.3 Å². The van der Waals surface area contributed by atoms with E-state index >= 15 is 0 Å². The van der Waals surface area contributed by atoms with Gasteiger partial charge in [-0.25, -0.2) is 4.98 Å². The molecule has 6 nitrogen and oxygen atoms in total. The number of anilines is 1. The number of nitrogens with zero attached hydrogens (tertiary/aromatic N) is 5. The fourth-order valence-corrected chi connectivity index (χ4v) is 2.10. The van der Waals surface area contributed by atoms with Crippen LogP contribution in [0.2, 0.25) is 0 Å². The molecule has 3 rings (SSSR count). The molecule has 0 atom stereocenters. The Labute approximate surface area is 106 Å². The minimum atomic E-state index is 0.826. The van der Waals surface area contributed by atoms with Gasteiger partial charge < -0.3 is 9.80 Å². The van der Waals surface area contributed by atoms with Crippen LogP contribution in [0.3, 0.4) is 0 Å². The van der Waals surface area contributed by atoms with Crippen LogP contribution in [0.15, 0.2) is 24.5 Å². The number of hydrogen-bond acceptors (Lipinski definition) is 5. The summed E-state index contributed by atoms with van der Waals surface area (Å²) in [7, 11) is 2.15. The summed E-state index contributed by atoms with van der Waals surface area (Å²) in [5.41, 5.74) is 1.81. The Morgan fingerprint density at radius 2 is 1.94 bits per heavy atom. The summed E-state index contributed by atoms with van der Waals surface area (Å²) < 4.78 is 0. The molecule has 1 saturated heterocycles. The van der Waals surface area contributed by atoms with E-state index in [4.69, 9.17) is 0 Å². The van der Waals surface area contributed by atoms with Crippen molar-refractivity contribution in [2.75, 3.05) is 38.1 Å². The summed E-state index contributed by atoms with van der Waals surface area (Å²) in [5, 5.41) is 10.4. The molecular weight excluding hydrogens is 228 g/mol. The van der Waals surface area contributed by atoms with Gasteiger partial charge in [-0.2, -0.15) is 15.4 Å². The van der Waals surface area contributed by atoms with E-state index in [-0.39, 0.29) is 0 Å². The Morgan fingerprint density at radius 3 is 2.56 bits per heavy atom. The number of pyridine rings is 1. The van der Waals surface area contributed by atoms with Crippen molar-refractivity contribution >= 4 is 5.82 Å². The van der Waals surface area contributed by atoms with Crippen molar-refractivity contribution in [3.8, 4) is 11.3 Å². The van der Waals surface area contributed by atoms with Gasteiger partial charge in [0.15, 0.2) is 0 Å². The third-order valence-electron chi connectivity index (χ3n) is 3.29. The van der Waals surface area contributed by atoms with Crippen molar-refractivity contribution in [2.45, 2.75) is 0 Å². The molecule has 0 amide bonds. The minimum Gasteiger partial charge on any atom is -0.354 e. The maximum atomic E-state index is 4.51. The molecular formula is C12H16N6. The highest BCUT2D eigenvalue weighted by Gasteiger charge is 2.15. The summed E-state index contributed by atoms with van der Waals surface area (Å²) in [5.74, 6) is 1.04. The molecule has 1 fully saturated rings. The third kappa shape index (κ3) is 2.19. The Balaban J connectivity index is 1.75. The molecule has 0 bridgehead atoms. The summed E-state index contributed by atoms with van der Waals surface area (Å²) in [6.45, 7) is 4.25. The lowest BCUT2D eigenvalue weighted by molar-refractivity contribution is 0.312. The summed E-state index contributed by atoms with van der Waals surface area (Å²) in [6.07, 6.45) is 3.55. The van der Waals surface area contributed by atoms with Gasteiger partial charge in [0.2, 0.25) is 0 Å². The molecule has 0 aliphatic carbocycles. The van der Waals surface area contributed by atoms with Crippen molar-refractivity contribution < 1.29 is 0 Å². The number of piperazine rings is 1. The van der Waals surface area contributed by atoms with Crippen molar-refractivity contribution in [3.05, 3.63) is 24.5 Å². The van der Waals surface area contributed by atoms with Gasteiger partial charge in [0.25, 0.3) is 0 Å². The zero-order valence-electron chi connectivity index (χ0n) is 10.4. The van der Waals surface area contributed by atoms with Crippen LogP contribution in [0.5, 0.6) is 0 Å². The van der Waals surface area contributed by atoms with E-state index in [0.29, 0.717) is 0 Å².